The van der Waals surface area contributed by atoms with Gasteiger partial charge < -0.3 is 109 Å². The molecule has 0 aromatic carbocycles. The van der Waals surface area contributed by atoms with Gasteiger partial charge in [0.05, 0.1) is 13.2 Å². The van der Waals surface area contributed by atoms with Gasteiger partial charge >= 0.3 is 59.5 Å². The molecule has 25 atom stereocenters. The number of hydrogen-bond donors (Lipinski definition) is 17. The molecule has 5 rings (SSSR count). The fourth-order valence-electron chi connectivity index (χ4n) is 8.71. The van der Waals surface area contributed by atoms with Crippen molar-refractivity contribution >= 4 is 71.3 Å². The van der Waals surface area contributed by atoms with Crippen molar-refractivity contribution in [3.8, 4) is 0 Å². The lowest BCUT2D eigenvalue weighted by Crippen LogP contribution is -2.72. The van der Waals surface area contributed by atoms with Gasteiger partial charge in [-0.3, -0.25) is 27.8 Å². The Balaban J connectivity index is 1.63. The van der Waals surface area contributed by atoms with E-state index in [2.05, 4.69) is 16.7 Å². The number of hydrogen-bond acceptors (Lipinski definition) is 34. The number of carboxylic acid groups (broad SMARTS) is 3. The highest BCUT2D eigenvalue weighted by Crippen LogP contribution is 2.39. The smallest absolute Gasteiger partial charge is 0.397 e. The van der Waals surface area contributed by atoms with E-state index in [-0.39, 0.29) is 0 Å². The van der Waals surface area contributed by atoms with E-state index in [9.17, 15) is 132 Å². The fourth-order valence-corrected chi connectivity index (χ4v) is 10.7. The number of ether oxygens (including phenoxy) is 9. The zero-order chi connectivity index (χ0) is 61.3. The zero-order valence-electron chi connectivity index (χ0n) is 40.3. The molecule has 0 spiro atoms. The second-order valence-corrected chi connectivity index (χ2v) is 21.7. The van der Waals surface area contributed by atoms with E-state index < -0.39 is 238 Å². The standard InChI is InChI=1S/C34H52N2O41S4/c1-5(39)35-9-18(16(74-78(53,54)55)7(3-37)65-31(9)70-21-11(41)12(42)30(52)67-25(21)28(48)49)69-34-15(45)22(77-81(62,63)64)24(26(73-34)29(50)51)72-32-10(36-6(2)40)19(17(8(4-38)66-32)75-79(56,57)58)68-33-14(44)20(76-80(59,60)61)13(43)23(71-33)27(46)47/h7-26,30-34,37-38,41-45,52H,3-4H2,1-2H3,(H,35,39)(H,36,40)(H,46,47)(H,48,49)(H,50,51)(H,53,54,55)(H,56,57,58)(H,59,60,61)(H,62,63,64)/t7-,8-,9-,10-,11+,12-,13+,14-,15-,16+,17+,18-,19-,20+,21+,22-,23+,24+,25+,26+,30?,31+,32+,33-,34-/m1/s1. The highest BCUT2D eigenvalue weighted by Gasteiger charge is 2.61. The van der Waals surface area contributed by atoms with Crippen LogP contribution in [0.2, 0.25) is 0 Å². The molecule has 0 aromatic rings. The van der Waals surface area contributed by atoms with Crippen molar-refractivity contribution < 1.29 is 191 Å². The van der Waals surface area contributed by atoms with Crippen molar-refractivity contribution in [2.45, 2.75) is 167 Å². The van der Waals surface area contributed by atoms with Crippen LogP contribution < -0.4 is 10.6 Å². The second-order valence-electron chi connectivity index (χ2n) is 17.5. The molecule has 17 N–H and O–H groups in total. The van der Waals surface area contributed by atoms with Gasteiger partial charge in [0.25, 0.3) is 0 Å². The lowest BCUT2D eigenvalue weighted by molar-refractivity contribution is -0.370. The number of carbonyl (C=O) groups is 5. The molecule has 5 heterocycles. The van der Waals surface area contributed by atoms with Gasteiger partial charge in [-0.15, -0.1) is 0 Å². The normalized spacial score (nSPS) is 40.9. The lowest BCUT2D eigenvalue weighted by atomic mass is 9.93. The predicted molar refractivity (Wildman–Crippen MR) is 233 cm³/mol. The molecule has 0 saturated carbocycles. The maximum atomic E-state index is 13.2. The van der Waals surface area contributed by atoms with Crippen molar-refractivity contribution in [2.24, 2.45) is 0 Å². The molecule has 47 heteroatoms. The third-order valence-electron chi connectivity index (χ3n) is 11.8. The summed E-state index contributed by atoms with van der Waals surface area (Å²) in [4.78, 5) is 63.0. The minimum absolute atomic E-state index is 0.646. The van der Waals surface area contributed by atoms with Gasteiger partial charge in [0.2, 0.25) is 11.8 Å². The maximum Gasteiger partial charge on any atom is 0.397 e. The monoisotopic (exact) mass is 1270 g/mol. The van der Waals surface area contributed by atoms with E-state index in [4.69, 9.17) is 42.6 Å². The molecule has 5 aliphatic rings. The molecule has 43 nitrogen and oxygen atoms in total. The molecule has 81 heavy (non-hydrogen) atoms. The van der Waals surface area contributed by atoms with Crippen LogP contribution in [0.5, 0.6) is 0 Å². The third kappa shape index (κ3) is 17.2. The minimum atomic E-state index is -6.12. The summed E-state index contributed by atoms with van der Waals surface area (Å²) in [6, 6.07) is -4.92. The van der Waals surface area contributed by atoms with Crippen LogP contribution in [0, 0.1) is 0 Å². The van der Waals surface area contributed by atoms with Gasteiger partial charge in [0, 0.05) is 13.8 Å². The Kier molecular flexibility index (Phi) is 22.3. The van der Waals surface area contributed by atoms with E-state index in [0.29, 0.717) is 13.8 Å². The van der Waals surface area contributed by atoms with Gasteiger partial charge in [0.15, 0.2) is 49.8 Å². The number of carboxylic acids is 3. The van der Waals surface area contributed by atoms with Gasteiger partial charge in [-0.05, 0) is 0 Å². The summed E-state index contributed by atoms with van der Waals surface area (Å²) >= 11 is 0. The Morgan fingerprint density at radius 3 is 1.10 bits per heavy atom. The molecule has 468 valence electrons. The number of carbonyl (C=O) groups excluding carboxylic acids is 2. The van der Waals surface area contributed by atoms with E-state index in [1.165, 1.54) is 0 Å². The Morgan fingerprint density at radius 2 is 0.728 bits per heavy atom. The van der Waals surface area contributed by atoms with Crippen molar-refractivity contribution in [1.82, 2.24) is 10.6 Å². The van der Waals surface area contributed by atoms with E-state index in [0.717, 1.165) is 0 Å². The van der Waals surface area contributed by atoms with Crippen LogP contribution in [0.1, 0.15) is 13.8 Å². The molecule has 0 radical (unpaired) electrons. The van der Waals surface area contributed by atoms with E-state index >= 15 is 0 Å². The molecular formula is C34H52N2O41S4. The highest BCUT2D eigenvalue weighted by molar-refractivity contribution is 7.81. The number of amides is 2. The second kappa shape index (κ2) is 26.6. The van der Waals surface area contributed by atoms with Crippen LogP contribution in [0.4, 0.5) is 0 Å². The van der Waals surface area contributed by atoms with Crippen LogP contribution in [0.3, 0.4) is 0 Å². The summed E-state index contributed by atoms with van der Waals surface area (Å²) in [5.41, 5.74) is 0. The summed E-state index contributed by atoms with van der Waals surface area (Å²) in [6.45, 7) is -1.72. The molecule has 5 aliphatic heterocycles. The predicted octanol–water partition coefficient (Wildman–Crippen LogP) is -12.1. The summed E-state index contributed by atoms with van der Waals surface area (Å²) in [6.07, 6.45) is -62.0. The molecule has 0 bridgehead atoms. The lowest BCUT2D eigenvalue weighted by Gasteiger charge is -2.51. The van der Waals surface area contributed by atoms with Crippen LogP contribution in [0.15, 0.2) is 0 Å². The Hall–Kier alpha value is -3.85. The highest BCUT2D eigenvalue weighted by atomic mass is 32.3. The average Bonchev–Trinajstić information content (AvgIpc) is 3.54. The van der Waals surface area contributed by atoms with Crippen molar-refractivity contribution in [2.75, 3.05) is 13.2 Å². The van der Waals surface area contributed by atoms with Crippen LogP contribution in [0.25, 0.3) is 0 Å². The summed E-state index contributed by atoms with van der Waals surface area (Å²) < 4.78 is 203. The number of aliphatic hydroxyl groups excluding tert-OH is 8. The van der Waals surface area contributed by atoms with Crippen molar-refractivity contribution in [3.05, 3.63) is 0 Å². The Morgan fingerprint density at radius 1 is 0.395 bits per heavy atom. The molecule has 0 aliphatic carbocycles. The number of nitrogens with one attached hydrogen (secondary N) is 2. The van der Waals surface area contributed by atoms with Gasteiger partial charge in [-0.1, -0.05) is 0 Å². The first-order valence-electron chi connectivity index (χ1n) is 22.2. The van der Waals surface area contributed by atoms with Crippen LogP contribution >= 0.6 is 0 Å². The van der Waals surface area contributed by atoms with Crippen LogP contribution in [-0.4, -0.2) is 304 Å². The Labute approximate surface area is 452 Å². The first-order valence-corrected chi connectivity index (χ1v) is 27.7. The number of aliphatic carboxylic acids is 3. The summed E-state index contributed by atoms with van der Waals surface area (Å²) in [5.74, 6) is -9.17. The van der Waals surface area contributed by atoms with E-state index in [1.54, 1.807) is 0 Å². The fraction of sp³-hybridized carbons (Fsp3) is 0.853. The topological polar surface area (TPSA) is 669 Å². The third-order valence-corrected chi connectivity index (χ3v) is 13.7. The molecule has 5 saturated heterocycles. The largest absolute Gasteiger partial charge is 0.479 e. The van der Waals surface area contributed by atoms with Crippen molar-refractivity contribution in [1.29, 1.82) is 0 Å². The quantitative estimate of drug-likeness (QED) is 0.0422. The van der Waals surface area contributed by atoms with E-state index in [1.807, 2.05) is 10.6 Å². The molecular weight excluding hydrogens is 1220 g/mol. The SMILES string of the molecule is CC(=O)N[C@H]1[C@H](O[C@H]2[C@H](OS(=O)(=O)O)[C@@H](O)[C@H](O[C@@H]3[C@@H](NC(C)=O)[C@H](O[C@H]4[C@@H](O)[C@@H](O)C(O)O[C@@H]4C(=O)O)O[C@H](CO)[C@@H]3OS(=O)(=O)O)O[C@@H]2C(=O)O)O[C@H](CO)[C@H](OS(=O)(=O)O)[C@@H]1O[C@@H]1O[C@H](C(=O)O)[C@@H](O)[C@H](OS(=O)(=O)O)[C@H]1O. The number of rotatable bonds is 23. The minimum Gasteiger partial charge on any atom is -0.479 e. The van der Waals surface area contributed by atoms with Crippen LogP contribution in [-0.2, 0) is 125 Å². The van der Waals surface area contributed by atoms with Gasteiger partial charge in [-0.25, -0.2) is 31.1 Å². The average molecular weight is 1270 g/mol. The summed E-state index contributed by atoms with van der Waals surface area (Å²) in [5, 5.41) is 119. The van der Waals surface area contributed by atoms with Gasteiger partial charge in [-0.2, -0.15) is 33.7 Å². The molecule has 2 amide bonds. The molecule has 5 fully saturated rings. The first kappa shape index (κ1) is 67.9. The zero-order valence-corrected chi connectivity index (χ0v) is 43.6. The Bertz CT molecular complexity index is 2720. The van der Waals surface area contributed by atoms with Crippen molar-refractivity contribution in [3.63, 3.8) is 0 Å². The first-order chi connectivity index (χ1) is 37.2. The number of aliphatic hydroxyl groups is 8. The maximum absolute atomic E-state index is 13.2. The molecule has 1 unspecified atom stereocenters. The molecule has 0 aromatic heterocycles. The summed E-state index contributed by atoms with van der Waals surface area (Å²) in [7, 11) is -23.6. The van der Waals surface area contributed by atoms with Gasteiger partial charge in [0.1, 0.15) is 104 Å².